The molecule has 3 rings (SSSR count). The second-order valence-electron chi connectivity index (χ2n) is 6.97. The lowest BCUT2D eigenvalue weighted by molar-refractivity contribution is -0.123. The van der Waals surface area contributed by atoms with Gasteiger partial charge in [0.2, 0.25) is 11.7 Å². The molecule has 0 spiro atoms. The van der Waals surface area contributed by atoms with Gasteiger partial charge in [0.05, 0.1) is 0 Å². The molecular formula is C20H19ClN2O3. The van der Waals surface area contributed by atoms with E-state index in [4.69, 9.17) is 16.0 Å². The molecule has 0 fully saturated rings. The number of rotatable bonds is 3. The first-order valence-corrected chi connectivity index (χ1v) is 8.53. The van der Waals surface area contributed by atoms with Crippen molar-refractivity contribution in [2.75, 3.05) is 10.6 Å². The van der Waals surface area contributed by atoms with Gasteiger partial charge in [0.1, 0.15) is 11.3 Å². The number of benzene rings is 2. The highest BCUT2D eigenvalue weighted by Gasteiger charge is 2.27. The van der Waals surface area contributed by atoms with Crippen molar-refractivity contribution in [3.63, 3.8) is 0 Å². The Morgan fingerprint density at radius 3 is 2.27 bits per heavy atom. The minimum Gasteiger partial charge on any atom is -0.449 e. The third-order valence-corrected chi connectivity index (χ3v) is 4.08. The summed E-state index contributed by atoms with van der Waals surface area (Å²) in [5.41, 5.74) is 0.861. The molecule has 0 unspecified atom stereocenters. The van der Waals surface area contributed by atoms with E-state index in [0.717, 1.165) is 0 Å². The number of nitrogens with one attached hydrogen (secondary N) is 2. The fraction of sp³-hybridized carbons (Fsp3) is 0.200. The van der Waals surface area contributed by atoms with Gasteiger partial charge in [-0.3, -0.25) is 9.59 Å². The number of halogens is 1. The number of furan rings is 1. The van der Waals surface area contributed by atoms with Crippen LogP contribution in [0.4, 0.5) is 11.4 Å². The second kappa shape index (κ2) is 6.84. The van der Waals surface area contributed by atoms with Crippen LogP contribution in [-0.4, -0.2) is 11.8 Å². The van der Waals surface area contributed by atoms with Crippen molar-refractivity contribution in [1.29, 1.82) is 0 Å². The highest BCUT2D eigenvalue weighted by molar-refractivity contribution is 6.30. The molecule has 2 aromatic carbocycles. The van der Waals surface area contributed by atoms with E-state index in [0.29, 0.717) is 27.4 Å². The van der Waals surface area contributed by atoms with Crippen LogP contribution in [-0.2, 0) is 4.79 Å². The molecule has 0 saturated heterocycles. The largest absolute Gasteiger partial charge is 0.449 e. The summed E-state index contributed by atoms with van der Waals surface area (Å²) in [6.45, 7) is 5.41. The van der Waals surface area contributed by atoms with Crippen LogP contribution in [0.1, 0.15) is 31.3 Å². The van der Waals surface area contributed by atoms with Gasteiger partial charge < -0.3 is 15.1 Å². The maximum atomic E-state index is 12.7. The van der Waals surface area contributed by atoms with Gasteiger partial charge in [-0.25, -0.2) is 0 Å². The summed E-state index contributed by atoms with van der Waals surface area (Å²) in [6.07, 6.45) is 0. The lowest BCUT2D eigenvalue weighted by atomic mass is 9.95. The molecule has 2 amide bonds. The van der Waals surface area contributed by atoms with E-state index in [2.05, 4.69) is 10.6 Å². The molecule has 0 bridgehead atoms. The Morgan fingerprint density at radius 2 is 1.62 bits per heavy atom. The Hall–Kier alpha value is -2.79. The molecule has 1 aromatic heterocycles. The lowest BCUT2D eigenvalue weighted by Gasteiger charge is -2.17. The number of fused-ring (bicyclic) bond motifs is 1. The van der Waals surface area contributed by atoms with Crippen LogP contribution >= 0.6 is 11.6 Å². The minimum atomic E-state index is -0.609. The minimum absolute atomic E-state index is 0.0544. The van der Waals surface area contributed by atoms with Crippen LogP contribution in [0.25, 0.3) is 11.0 Å². The van der Waals surface area contributed by atoms with Crippen molar-refractivity contribution in [2.45, 2.75) is 20.8 Å². The summed E-state index contributed by atoms with van der Waals surface area (Å²) in [6, 6.07) is 13.9. The molecule has 3 aromatic rings. The van der Waals surface area contributed by atoms with Gasteiger partial charge in [0.15, 0.2) is 0 Å². The monoisotopic (exact) mass is 370 g/mol. The number of amides is 2. The SMILES string of the molecule is CC(C)(C)C(=O)Nc1c(C(=O)Nc2ccc(Cl)cc2)oc2ccccc12. The molecule has 0 aliphatic heterocycles. The van der Waals surface area contributed by atoms with Crippen LogP contribution in [0.3, 0.4) is 0 Å². The Balaban J connectivity index is 1.98. The lowest BCUT2D eigenvalue weighted by Crippen LogP contribution is -2.28. The molecule has 134 valence electrons. The predicted octanol–water partition coefficient (Wildman–Crippen LogP) is 5.32. The van der Waals surface area contributed by atoms with Gasteiger partial charge >= 0.3 is 0 Å². The standard InChI is InChI=1S/C20H19ClN2O3/c1-20(2,3)19(25)23-16-14-6-4-5-7-15(14)26-17(16)18(24)22-13-10-8-12(21)9-11-13/h4-11H,1-3H3,(H,22,24)(H,23,25). The Kier molecular flexibility index (Phi) is 4.74. The molecule has 26 heavy (non-hydrogen) atoms. The fourth-order valence-electron chi connectivity index (χ4n) is 2.35. The van der Waals surface area contributed by atoms with Crippen molar-refractivity contribution in [3.8, 4) is 0 Å². The Bertz CT molecular complexity index is 969. The van der Waals surface area contributed by atoms with Crippen LogP contribution in [0.5, 0.6) is 0 Å². The van der Waals surface area contributed by atoms with Crippen molar-refractivity contribution < 1.29 is 14.0 Å². The topological polar surface area (TPSA) is 71.3 Å². The van der Waals surface area contributed by atoms with Gasteiger partial charge in [0, 0.05) is 21.5 Å². The number of anilines is 2. The molecule has 0 atom stereocenters. The molecule has 5 nitrogen and oxygen atoms in total. The maximum absolute atomic E-state index is 12.7. The molecule has 1 heterocycles. The first-order chi connectivity index (χ1) is 12.3. The normalized spacial score (nSPS) is 11.4. The van der Waals surface area contributed by atoms with Crippen molar-refractivity contribution in [3.05, 3.63) is 59.3 Å². The van der Waals surface area contributed by atoms with E-state index in [1.54, 1.807) is 57.2 Å². The number of carbonyl (C=O) groups excluding carboxylic acids is 2. The maximum Gasteiger partial charge on any atom is 0.293 e. The highest BCUT2D eigenvalue weighted by Crippen LogP contribution is 2.32. The number of carbonyl (C=O) groups is 2. The van der Waals surface area contributed by atoms with E-state index in [1.807, 2.05) is 12.1 Å². The molecule has 0 aliphatic rings. The molecule has 2 N–H and O–H groups in total. The fourth-order valence-corrected chi connectivity index (χ4v) is 2.48. The van der Waals surface area contributed by atoms with Crippen molar-refractivity contribution in [2.24, 2.45) is 5.41 Å². The molecular weight excluding hydrogens is 352 g/mol. The first-order valence-electron chi connectivity index (χ1n) is 8.15. The van der Waals surface area contributed by atoms with Gasteiger partial charge in [0.25, 0.3) is 5.91 Å². The van der Waals surface area contributed by atoms with Crippen LogP contribution in [0.15, 0.2) is 52.9 Å². The van der Waals surface area contributed by atoms with E-state index < -0.39 is 11.3 Å². The zero-order valence-electron chi connectivity index (χ0n) is 14.7. The van der Waals surface area contributed by atoms with E-state index in [9.17, 15) is 9.59 Å². The zero-order chi connectivity index (χ0) is 18.9. The van der Waals surface area contributed by atoms with Crippen LogP contribution in [0, 0.1) is 5.41 Å². The van der Waals surface area contributed by atoms with Gasteiger partial charge in [-0.2, -0.15) is 0 Å². The van der Waals surface area contributed by atoms with Crippen molar-refractivity contribution in [1.82, 2.24) is 0 Å². The molecule has 0 saturated carbocycles. The van der Waals surface area contributed by atoms with Gasteiger partial charge in [-0.15, -0.1) is 0 Å². The Labute approximate surface area is 156 Å². The zero-order valence-corrected chi connectivity index (χ0v) is 15.5. The molecule has 0 aliphatic carbocycles. The highest BCUT2D eigenvalue weighted by atomic mass is 35.5. The summed E-state index contributed by atoms with van der Waals surface area (Å²) >= 11 is 5.87. The average Bonchev–Trinajstić information content (AvgIpc) is 2.95. The van der Waals surface area contributed by atoms with Gasteiger partial charge in [-0.1, -0.05) is 44.5 Å². The van der Waals surface area contributed by atoms with Crippen LogP contribution in [0.2, 0.25) is 5.02 Å². The number of para-hydroxylation sites is 1. The first kappa shape index (κ1) is 18.0. The summed E-state index contributed by atoms with van der Waals surface area (Å²) < 4.78 is 5.72. The van der Waals surface area contributed by atoms with E-state index in [-0.39, 0.29) is 11.7 Å². The van der Waals surface area contributed by atoms with E-state index >= 15 is 0 Å². The summed E-state index contributed by atoms with van der Waals surface area (Å²) in [5.74, 6) is -0.601. The summed E-state index contributed by atoms with van der Waals surface area (Å²) in [5, 5.41) is 6.84. The Morgan fingerprint density at radius 1 is 0.962 bits per heavy atom. The smallest absolute Gasteiger partial charge is 0.293 e. The molecule has 0 radical (unpaired) electrons. The summed E-state index contributed by atoms with van der Waals surface area (Å²) in [7, 11) is 0. The average molecular weight is 371 g/mol. The van der Waals surface area contributed by atoms with E-state index in [1.165, 1.54) is 0 Å². The number of hydrogen-bond acceptors (Lipinski definition) is 3. The summed E-state index contributed by atoms with van der Waals surface area (Å²) in [4.78, 5) is 25.2. The quantitative estimate of drug-likeness (QED) is 0.655. The second-order valence-corrected chi connectivity index (χ2v) is 7.40. The molecule has 6 heteroatoms. The van der Waals surface area contributed by atoms with Crippen LogP contribution < -0.4 is 10.6 Å². The third kappa shape index (κ3) is 3.73. The third-order valence-electron chi connectivity index (χ3n) is 3.82. The predicted molar refractivity (Wildman–Crippen MR) is 104 cm³/mol. The van der Waals surface area contributed by atoms with Crippen molar-refractivity contribution >= 4 is 45.8 Å². The number of hydrogen-bond donors (Lipinski definition) is 2. The van der Waals surface area contributed by atoms with Gasteiger partial charge in [-0.05, 0) is 36.4 Å².